The van der Waals surface area contributed by atoms with E-state index in [1.807, 2.05) is 0 Å². The predicted molar refractivity (Wildman–Crippen MR) is 38.6 cm³/mol. The number of halogens is 3. The Morgan fingerprint density at radius 1 is 1.38 bits per heavy atom. The van der Waals surface area contributed by atoms with Crippen molar-refractivity contribution in [2.75, 3.05) is 12.2 Å². The maximum Gasteiger partial charge on any atom is 1.00 e. The Bertz CT molecular complexity index is 220. The Morgan fingerprint density at radius 3 is 2.23 bits per heavy atom. The zero-order valence-corrected chi connectivity index (χ0v) is 10.7. The Hall–Kier alpha value is 0.981. The second-order valence-electron chi connectivity index (χ2n) is 2.27. The Morgan fingerprint density at radius 2 is 1.92 bits per heavy atom. The molecule has 0 N–H and O–H groups in total. The van der Waals surface area contributed by atoms with Crippen LogP contribution in [0.25, 0.3) is 0 Å². The second kappa shape index (κ2) is 5.17. The van der Waals surface area contributed by atoms with E-state index in [2.05, 4.69) is 0 Å². The fourth-order valence-electron chi connectivity index (χ4n) is 0.765. The van der Waals surface area contributed by atoms with Crippen molar-refractivity contribution in [1.29, 1.82) is 0 Å². The van der Waals surface area contributed by atoms with Gasteiger partial charge in [0.1, 0.15) is 0 Å². The molecule has 1 heterocycles. The van der Waals surface area contributed by atoms with Crippen LogP contribution in [0.4, 0.5) is 17.7 Å². The molecule has 0 radical (unpaired) electrons. The molecule has 0 aliphatic carbocycles. The van der Waals surface area contributed by atoms with Crippen LogP contribution < -0.4 is 51.4 Å². The van der Waals surface area contributed by atoms with Crippen molar-refractivity contribution in [3.63, 3.8) is 0 Å². The molecule has 0 aromatic carbocycles. The van der Waals surface area contributed by atoms with E-state index < -0.39 is 24.6 Å². The summed E-state index contributed by atoms with van der Waals surface area (Å²) >= 11 is 0.602. The van der Waals surface area contributed by atoms with Crippen LogP contribution in [0.15, 0.2) is 0 Å². The normalized spacial score (nSPS) is 17.6. The quantitative estimate of drug-likeness (QED) is 0.525. The third kappa shape index (κ3) is 4.34. The first-order chi connectivity index (χ1) is 5.40. The summed E-state index contributed by atoms with van der Waals surface area (Å²) in [6.45, 7) is -5.10. The number of carbonyl (C=O) groups is 2. The molecule has 0 unspecified atom stereocenters. The number of hydrogen-bond donors (Lipinski definition) is 0. The number of amides is 2. The largest absolute Gasteiger partial charge is 1.00 e. The molecule has 1 aliphatic rings. The van der Waals surface area contributed by atoms with Gasteiger partial charge in [0, 0.05) is 0 Å². The zero-order chi connectivity index (χ0) is 9.35. The molecule has 0 bridgehead atoms. The number of nitrogens with zero attached hydrogens (tertiary/aromatic N) is 1. The molecule has 13 heavy (non-hydrogen) atoms. The van der Waals surface area contributed by atoms with Crippen LogP contribution in [-0.2, 0) is 4.79 Å². The van der Waals surface area contributed by atoms with Crippen LogP contribution in [0.2, 0.25) is 0 Å². The molecule has 2 amide bonds. The number of hydrogen-bond acceptors (Lipinski definition) is 3. The third-order valence-corrected chi connectivity index (χ3v) is 2.09. The van der Waals surface area contributed by atoms with Gasteiger partial charge in [-0.05, 0) is 6.44 Å². The molecular formula is C4H4BF3KNO2S. The van der Waals surface area contributed by atoms with Gasteiger partial charge >= 0.3 is 58.4 Å². The Balaban J connectivity index is 0.00000144. The number of thioether (sulfide) groups is 1. The molecule has 1 fully saturated rings. The van der Waals surface area contributed by atoms with Crippen LogP contribution in [0, 0.1) is 0 Å². The summed E-state index contributed by atoms with van der Waals surface area (Å²) in [6, 6.07) is 0. The van der Waals surface area contributed by atoms with Crippen molar-refractivity contribution in [1.82, 2.24) is 4.90 Å². The van der Waals surface area contributed by atoms with Gasteiger partial charge in [-0.3, -0.25) is 14.5 Å². The van der Waals surface area contributed by atoms with Gasteiger partial charge in [-0.25, -0.2) is 0 Å². The van der Waals surface area contributed by atoms with Gasteiger partial charge in [-0.15, -0.1) is 0 Å². The number of rotatable bonds is 2. The molecule has 0 aromatic heterocycles. The first kappa shape index (κ1) is 14.0. The van der Waals surface area contributed by atoms with Crippen LogP contribution in [0.1, 0.15) is 0 Å². The maximum absolute atomic E-state index is 11.8. The second-order valence-corrected chi connectivity index (χ2v) is 3.20. The van der Waals surface area contributed by atoms with E-state index in [1.54, 1.807) is 0 Å². The first-order valence-corrected chi connectivity index (χ1v) is 4.07. The van der Waals surface area contributed by atoms with Gasteiger partial charge in [0.05, 0.1) is 5.75 Å². The van der Waals surface area contributed by atoms with E-state index in [1.165, 1.54) is 0 Å². The van der Waals surface area contributed by atoms with Gasteiger partial charge < -0.3 is 12.9 Å². The summed E-state index contributed by atoms with van der Waals surface area (Å²) in [4.78, 5) is 21.5. The van der Waals surface area contributed by atoms with Gasteiger partial charge in [-0.2, -0.15) is 0 Å². The van der Waals surface area contributed by atoms with Crippen molar-refractivity contribution in [3.8, 4) is 0 Å². The van der Waals surface area contributed by atoms with Gasteiger partial charge in [-0.1, -0.05) is 11.8 Å². The zero-order valence-electron chi connectivity index (χ0n) is 6.80. The van der Waals surface area contributed by atoms with Crippen LogP contribution >= 0.6 is 11.8 Å². The van der Waals surface area contributed by atoms with Crippen LogP contribution in [-0.4, -0.2) is 35.2 Å². The smallest absolute Gasteiger partial charge is 0.448 e. The summed E-state index contributed by atoms with van der Waals surface area (Å²) in [5.41, 5.74) is 0. The SMILES string of the molecule is O=C1CSC(=O)N1C[B-](F)(F)F.[K+]. The standard InChI is InChI=1S/C4H4BF3NO2S.K/c6-5(7,8)2-9-3(10)1-12-4(9)11;/h1-2H2;/q-1;+1. The molecule has 1 aliphatic heterocycles. The number of carbonyl (C=O) groups excluding carboxylic acids is 2. The first-order valence-electron chi connectivity index (χ1n) is 3.08. The molecule has 9 heteroatoms. The Kier molecular flexibility index (Phi) is 5.56. The van der Waals surface area contributed by atoms with Crippen molar-refractivity contribution in [2.24, 2.45) is 0 Å². The van der Waals surface area contributed by atoms with Gasteiger partial charge in [0.2, 0.25) is 5.91 Å². The molecule has 0 aromatic rings. The van der Waals surface area contributed by atoms with Crippen molar-refractivity contribution in [2.45, 2.75) is 0 Å². The molecule has 68 valence electrons. The van der Waals surface area contributed by atoms with E-state index in [-0.39, 0.29) is 62.0 Å². The summed E-state index contributed by atoms with van der Waals surface area (Å²) in [7, 11) is 0. The summed E-state index contributed by atoms with van der Waals surface area (Å²) in [5, 5.41) is -0.806. The summed E-state index contributed by atoms with van der Waals surface area (Å²) in [6.07, 6.45) is -1.41. The molecule has 3 nitrogen and oxygen atoms in total. The summed E-state index contributed by atoms with van der Waals surface area (Å²) in [5.74, 6) is -0.936. The van der Waals surface area contributed by atoms with E-state index in [0.29, 0.717) is 11.8 Å². The van der Waals surface area contributed by atoms with Gasteiger partial charge in [0.15, 0.2) is 0 Å². The van der Waals surface area contributed by atoms with E-state index in [9.17, 15) is 22.5 Å². The summed E-state index contributed by atoms with van der Waals surface area (Å²) < 4.78 is 35.3. The number of imide groups is 1. The molecular weight excluding hydrogens is 233 g/mol. The monoisotopic (exact) mass is 237 g/mol. The average Bonchev–Trinajstić information content (AvgIpc) is 2.16. The van der Waals surface area contributed by atoms with Gasteiger partial charge in [0.25, 0.3) is 5.24 Å². The molecule has 0 spiro atoms. The predicted octanol–water partition coefficient (Wildman–Crippen LogP) is -1.93. The minimum atomic E-state index is -5.10. The third-order valence-electron chi connectivity index (χ3n) is 1.23. The average molecular weight is 237 g/mol. The topological polar surface area (TPSA) is 37.4 Å². The minimum Gasteiger partial charge on any atom is -0.448 e. The fourth-order valence-corrected chi connectivity index (χ4v) is 1.50. The van der Waals surface area contributed by atoms with E-state index in [0.717, 1.165) is 0 Å². The van der Waals surface area contributed by atoms with E-state index >= 15 is 0 Å². The molecule has 0 atom stereocenters. The van der Waals surface area contributed by atoms with Crippen molar-refractivity contribution < 1.29 is 73.9 Å². The van der Waals surface area contributed by atoms with Crippen LogP contribution in [0.5, 0.6) is 0 Å². The van der Waals surface area contributed by atoms with Crippen molar-refractivity contribution >= 4 is 29.9 Å². The van der Waals surface area contributed by atoms with Crippen molar-refractivity contribution in [3.05, 3.63) is 0 Å². The maximum atomic E-state index is 11.8. The van der Waals surface area contributed by atoms with E-state index in [4.69, 9.17) is 0 Å². The molecule has 0 saturated carbocycles. The molecule has 1 rings (SSSR count). The van der Waals surface area contributed by atoms with Crippen LogP contribution in [0.3, 0.4) is 0 Å². The Labute approximate surface area is 119 Å². The minimum absolute atomic E-state index is 0. The molecule has 1 saturated heterocycles. The fraction of sp³-hybridized carbons (Fsp3) is 0.500.